The van der Waals surface area contributed by atoms with Gasteiger partial charge in [-0.15, -0.1) is 0 Å². The minimum atomic E-state index is -0.981. The topological polar surface area (TPSA) is 37.3 Å². The molecule has 0 bridgehead atoms. The molecule has 0 aliphatic heterocycles. The molecule has 0 unspecified atom stereocenters. The monoisotopic (exact) mass is 144 g/mol. The summed E-state index contributed by atoms with van der Waals surface area (Å²) in [6.07, 6.45) is 2.14. The smallest absolute Gasteiger partial charge is 0.327 e. The van der Waals surface area contributed by atoms with E-state index in [4.69, 9.17) is 5.11 Å². The zero-order valence-corrected chi connectivity index (χ0v) is 6.92. The van der Waals surface area contributed by atoms with Gasteiger partial charge in [0.2, 0.25) is 0 Å². The highest BCUT2D eigenvalue weighted by molar-refractivity contribution is 5.78. The summed E-state index contributed by atoms with van der Waals surface area (Å²) in [7, 11) is 0. The quantitative estimate of drug-likeness (QED) is 0.604. The zero-order chi connectivity index (χ0) is 8.57. The molecule has 0 radical (unpaired) electrons. The molecule has 0 spiro atoms. The second-order valence-corrected chi connectivity index (χ2v) is 2.34. The second-order valence-electron chi connectivity index (χ2n) is 2.34. The van der Waals surface area contributed by atoms with E-state index in [1.165, 1.54) is 6.42 Å². The minimum absolute atomic E-state index is 0.833. The molecule has 0 aromatic carbocycles. The molecule has 0 atom stereocenters. The SMILES string of the molecule is C=CC(=O)O.CCC(C)C. The molecule has 60 valence electrons. The highest BCUT2D eigenvalue weighted by atomic mass is 16.4. The van der Waals surface area contributed by atoms with Crippen LogP contribution in [0.5, 0.6) is 0 Å². The van der Waals surface area contributed by atoms with Gasteiger partial charge in [-0.1, -0.05) is 33.8 Å². The summed E-state index contributed by atoms with van der Waals surface area (Å²) in [6, 6.07) is 0. The van der Waals surface area contributed by atoms with Crippen LogP contribution in [0.3, 0.4) is 0 Å². The number of carbonyl (C=O) groups is 1. The standard InChI is InChI=1S/C5H12.C3H4O2/c1-4-5(2)3;1-2-3(4)5/h5H,4H2,1-3H3;2H,1H2,(H,4,5). The molecular formula is C8H16O2. The van der Waals surface area contributed by atoms with Crippen molar-refractivity contribution in [1.82, 2.24) is 0 Å². The molecule has 10 heavy (non-hydrogen) atoms. The van der Waals surface area contributed by atoms with E-state index in [1.807, 2.05) is 0 Å². The third-order valence-electron chi connectivity index (χ3n) is 0.991. The average Bonchev–Trinajstić information content (AvgIpc) is 1.89. The van der Waals surface area contributed by atoms with Crippen molar-refractivity contribution in [3.63, 3.8) is 0 Å². The van der Waals surface area contributed by atoms with Crippen molar-refractivity contribution in [2.24, 2.45) is 5.92 Å². The van der Waals surface area contributed by atoms with Gasteiger partial charge < -0.3 is 5.11 Å². The Morgan fingerprint density at radius 2 is 1.90 bits per heavy atom. The summed E-state index contributed by atoms with van der Waals surface area (Å²) in [4.78, 5) is 9.25. The molecule has 0 saturated carbocycles. The van der Waals surface area contributed by atoms with E-state index in [2.05, 4.69) is 27.4 Å². The molecule has 0 heterocycles. The van der Waals surface area contributed by atoms with Gasteiger partial charge in [0.25, 0.3) is 0 Å². The lowest BCUT2D eigenvalue weighted by Gasteiger charge is -1.90. The highest BCUT2D eigenvalue weighted by Gasteiger charge is 1.80. The van der Waals surface area contributed by atoms with Crippen molar-refractivity contribution >= 4 is 5.97 Å². The first kappa shape index (κ1) is 11.9. The number of carboxylic acids is 1. The lowest BCUT2D eigenvalue weighted by molar-refractivity contribution is -0.131. The summed E-state index contributed by atoms with van der Waals surface area (Å²) < 4.78 is 0. The van der Waals surface area contributed by atoms with Gasteiger partial charge in [0, 0.05) is 6.08 Å². The Kier molecular flexibility index (Phi) is 9.80. The fraction of sp³-hybridized carbons (Fsp3) is 0.625. The van der Waals surface area contributed by atoms with Crippen molar-refractivity contribution in [2.75, 3.05) is 0 Å². The number of hydrogen-bond acceptors (Lipinski definition) is 1. The highest BCUT2D eigenvalue weighted by Crippen LogP contribution is 1.93. The van der Waals surface area contributed by atoms with E-state index in [-0.39, 0.29) is 0 Å². The summed E-state index contributed by atoms with van der Waals surface area (Å²) in [5.74, 6) is -0.0972. The van der Waals surface area contributed by atoms with Crippen molar-refractivity contribution in [3.05, 3.63) is 12.7 Å². The Labute approximate surface area is 62.6 Å². The summed E-state index contributed by atoms with van der Waals surface area (Å²) >= 11 is 0. The first-order valence-corrected chi connectivity index (χ1v) is 3.39. The van der Waals surface area contributed by atoms with Crippen LogP contribution in [0, 0.1) is 5.92 Å². The molecule has 0 aliphatic carbocycles. The van der Waals surface area contributed by atoms with Crippen molar-refractivity contribution in [1.29, 1.82) is 0 Å². The first-order chi connectivity index (χ1) is 4.54. The van der Waals surface area contributed by atoms with Crippen LogP contribution in [0.25, 0.3) is 0 Å². The van der Waals surface area contributed by atoms with Crippen LogP contribution in [-0.2, 0) is 4.79 Å². The molecule has 0 amide bonds. The minimum Gasteiger partial charge on any atom is -0.478 e. The Hall–Kier alpha value is -0.790. The average molecular weight is 144 g/mol. The zero-order valence-electron chi connectivity index (χ0n) is 6.92. The van der Waals surface area contributed by atoms with Crippen molar-refractivity contribution in [3.8, 4) is 0 Å². The van der Waals surface area contributed by atoms with Crippen molar-refractivity contribution < 1.29 is 9.90 Å². The molecule has 0 saturated heterocycles. The van der Waals surface area contributed by atoms with Gasteiger partial charge in [-0.25, -0.2) is 4.79 Å². The fourth-order valence-electron chi connectivity index (χ4n) is 0. The Bertz CT molecular complexity index is 95.4. The fourth-order valence-corrected chi connectivity index (χ4v) is 0. The van der Waals surface area contributed by atoms with E-state index >= 15 is 0 Å². The van der Waals surface area contributed by atoms with E-state index in [9.17, 15) is 4.79 Å². The van der Waals surface area contributed by atoms with Gasteiger partial charge in [0.1, 0.15) is 0 Å². The molecule has 0 aromatic heterocycles. The summed E-state index contributed by atoms with van der Waals surface area (Å²) in [5, 5.41) is 7.60. The van der Waals surface area contributed by atoms with E-state index in [1.54, 1.807) is 0 Å². The number of hydrogen-bond donors (Lipinski definition) is 1. The number of carboxylic acid groups (broad SMARTS) is 1. The van der Waals surface area contributed by atoms with Crippen LogP contribution in [-0.4, -0.2) is 11.1 Å². The van der Waals surface area contributed by atoms with Crippen LogP contribution in [0.4, 0.5) is 0 Å². The number of aliphatic carboxylic acids is 1. The number of rotatable bonds is 2. The maximum absolute atomic E-state index is 9.25. The Morgan fingerprint density at radius 3 is 1.90 bits per heavy atom. The lowest BCUT2D eigenvalue weighted by Crippen LogP contribution is -1.82. The van der Waals surface area contributed by atoms with Gasteiger partial charge in [-0.05, 0) is 5.92 Å². The second kappa shape index (κ2) is 8.21. The van der Waals surface area contributed by atoms with Crippen LogP contribution >= 0.6 is 0 Å². The van der Waals surface area contributed by atoms with Crippen LogP contribution in [0.1, 0.15) is 27.2 Å². The molecule has 2 nitrogen and oxygen atoms in total. The van der Waals surface area contributed by atoms with Crippen molar-refractivity contribution in [2.45, 2.75) is 27.2 Å². The maximum atomic E-state index is 9.25. The third kappa shape index (κ3) is 27.0. The normalized spacial score (nSPS) is 8.00. The van der Waals surface area contributed by atoms with E-state index in [0.29, 0.717) is 0 Å². The molecule has 0 fully saturated rings. The largest absolute Gasteiger partial charge is 0.478 e. The van der Waals surface area contributed by atoms with Gasteiger partial charge in [0.05, 0.1) is 0 Å². The van der Waals surface area contributed by atoms with Gasteiger partial charge in [0.15, 0.2) is 0 Å². The van der Waals surface area contributed by atoms with Crippen LogP contribution in [0.2, 0.25) is 0 Å². The molecule has 0 rings (SSSR count). The molecular weight excluding hydrogens is 128 g/mol. The van der Waals surface area contributed by atoms with Gasteiger partial charge >= 0.3 is 5.97 Å². The predicted molar refractivity (Wildman–Crippen MR) is 43.0 cm³/mol. The van der Waals surface area contributed by atoms with Gasteiger partial charge in [-0.3, -0.25) is 0 Å². The third-order valence-corrected chi connectivity index (χ3v) is 0.991. The van der Waals surface area contributed by atoms with E-state index in [0.717, 1.165) is 12.0 Å². The molecule has 2 heteroatoms. The summed E-state index contributed by atoms with van der Waals surface area (Å²) in [6.45, 7) is 9.60. The molecule has 0 aromatic rings. The van der Waals surface area contributed by atoms with Gasteiger partial charge in [-0.2, -0.15) is 0 Å². The molecule has 1 N–H and O–H groups in total. The lowest BCUT2D eigenvalue weighted by atomic mass is 10.2. The van der Waals surface area contributed by atoms with E-state index < -0.39 is 5.97 Å². The Balaban J connectivity index is 0. The molecule has 0 aliphatic rings. The maximum Gasteiger partial charge on any atom is 0.327 e. The Morgan fingerprint density at radius 1 is 1.70 bits per heavy atom. The predicted octanol–water partition coefficient (Wildman–Crippen LogP) is 2.31. The van der Waals surface area contributed by atoms with Crippen LogP contribution in [0.15, 0.2) is 12.7 Å². The summed E-state index contributed by atoms with van der Waals surface area (Å²) in [5.41, 5.74) is 0. The first-order valence-electron chi connectivity index (χ1n) is 3.39. The van der Waals surface area contributed by atoms with Crippen LogP contribution < -0.4 is 0 Å².